The Kier molecular flexibility index (Phi) is 7.88. The second kappa shape index (κ2) is 8.84. The highest BCUT2D eigenvalue weighted by atomic mass is 16.5. The number of ether oxygens (including phenoxy) is 3. The van der Waals surface area contributed by atoms with Gasteiger partial charge in [-0.15, -0.1) is 0 Å². The lowest BCUT2D eigenvalue weighted by Crippen LogP contribution is -2.41. The molecule has 0 N–H and O–H groups in total. The van der Waals surface area contributed by atoms with Crippen LogP contribution in [0, 0.1) is 5.41 Å². The lowest BCUT2D eigenvalue weighted by Gasteiger charge is -2.26. The molecule has 0 bridgehead atoms. The summed E-state index contributed by atoms with van der Waals surface area (Å²) in [6.45, 7) is 0. The average molecular weight is 286 g/mol. The van der Waals surface area contributed by atoms with E-state index < -0.39 is 23.3 Å². The van der Waals surface area contributed by atoms with Gasteiger partial charge in [0.1, 0.15) is 6.29 Å². The molecule has 7 nitrogen and oxygen atoms in total. The predicted octanol–water partition coefficient (Wildman–Crippen LogP) is 0.417. The number of hydrogen-bond acceptors (Lipinski definition) is 7. The summed E-state index contributed by atoms with van der Waals surface area (Å²) < 4.78 is 13.6. The van der Waals surface area contributed by atoms with Crippen LogP contribution in [0.4, 0.5) is 0 Å². The molecule has 0 aromatic heterocycles. The molecule has 7 heteroatoms. The van der Waals surface area contributed by atoms with Crippen LogP contribution in [-0.2, 0) is 33.4 Å². The summed E-state index contributed by atoms with van der Waals surface area (Å²) >= 11 is 0. The third-order valence-electron chi connectivity index (χ3n) is 2.76. The van der Waals surface area contributed by atoms with Gasteiger partial charge in [-0.05, 0) is 12.8 Å². The number of carbonyl (C=O) groups is 4. The Morgan fingerprint density at radius 1 is 1.00 bits per heavy atom. The smallest absolute Gasteiger partial charge is 0.330 e. The number of aldehydes is 1. The summed E-state index contributed by atoms with van der Waals surface area (Å²) in [5.74, 6) is -2.26. The zero-order valence-electron chi connectivity index (χ0n) is 11.7. The summed E-state index contributed by atoms with van der Waals surface area (Å²) in [5, 5.41) is 0. The number of carbonyl (C=O) groups excluding carboxylic acids is 4. The Labute approximate surface area is 116 Å². The Hall–Kier alpha value is -2.18. The molecule has 0 saturated heterocycles. The molecule has 0 atom stereocenters. The highest BCUT2D eigenvalue weighted by Crippen LogP contribution is 2.32. The van der Waals surface area contributed by atoms with Crippen LogP contribution in [0.3, 0.4) is 0 Å². The van der Waals surface area contributed by atoms with Gasteiger partial charge in [0, 0.05) is 12.5 Å². The van der Waals surface area contributed by atoms with E-state index in [2.05, 4.69) is 14.2 Å². The van der Waals surface area contributed by atoms with Gasteiger partial charge in [-0.2, -0.15) is 0 Å². The maximum atomic E-state index is 11.9. The quantitative estimate of drug-likeness (QED) is 0.210. The summed E-state index contributed by atoms with van der Waals surface area (Å²) in [6, 6.07) is 0. The zero-order chi connectivity index (χ0) is 15.6. The molecule has 0 spiro atoms. The third kappa shape index (κ3) is 4.49. The van der Waals surface area contributed by atoms with Crippen LogP contribution in [0.15, 0.2) is 12.2 Å². The molecule has 0 rings (SSSR count). The van der Waals surface area contributed by atoms with E-state index in [1.54, 1.807) is 0 Å². The maximum Gasteiger partial charge on any atom is 0.330 e. The van der Waals surface area contributed by atoms with Crippen molar-refractivity contribution in [3.05, 3.63) is 12.2 Å². The van der Waals surface area contributed by atoms with Crippen LogP contribution < -0.4 is 0 Å². The van der Waals surface area contributed by atoms with Crippen molar-refractivity contribution in [2.75, 3.05) is 21.3 Å². The van der Waals surface area contributed by atoms with Crippen molar-refractivity contribution in [1.29, 1.82) is 0 Å². The van der Waals surface area contributed by atoms with Gasteiger partial charge in [-0.25, -0.2) is 4.79 Å². The highest BCUT2D eigenvalue weighted by molar-refractivity contribution is 6.00. The van der Waals surface area contributed by atoms with Crippen LogP contribution in [0.5, 0.6) is 0 Å². The molecule has 0 aliphatic rings. The summed E-state index contributed by atoms with van der Waals surface area (Å²) in [4.78, 5) is 45.3. The fraction of sp³-hybridized carbons (Fsp3) is 0.538. The predicted molar refractivity (Wildman–Crippen MR) is 67.5 cm³/mol. The van der Waals surface area contributed by atoms with Gasteiger partial charge in [-0.3, -0.25) is 9.59 Å². The van der Waals surface area contributed by atoms with Gasteiger partial charge in [0.25, 0.3) is 0 Å². The first-order chi connectivity index (χ1) is 9.48. The topological polar surface area (TPSA) is 96.0 Å². The minimum Gasteiger partial charge on any atom is -0.468 e. The molecular formula is C13H18O7. The van der Waals surface area contributed by atoms with E-state index in [-0.39, 0.29) is 19.3 Å². The van der Waals surface area contributed by atoms with E-state index in [0.717, 1.165) is 20.3 Å². The van der Waals surface area contributed by atoms with E-state index in [1.807, 2.05) is 0 Å². The van der Waals surface area contributed by atoms with Gasteiger partial charge in [0.15, 0.2) is 5.41 Å². The van der Waals surface area contributed by atoms with Gasteiger partial charge in [0.05, 0.1) is 21.3 Å². The van der Waals surface area contributed by atoms with E-state index in [4.69, 9.17) is 0 Å². The molecule has 0 fully saturated rings. The normalized spacial score (nSPS) is 10.9. The largest absolute Gasteiger partial charge is 0.468 e. The van der Waals surface area contributed by atoms with E-state index in [0.29, 0.717) is 6.29 Å². The Morgan fingerprint density at radius 2 is 1.55 bits per heavy atom. The molecule has 0 amide bonds. The van der Waals surface area contributed by atoms with Crippen LogP contribution in [0.1, 0.15) is 19.3 Å². The van der Waals surface area contributed by atoms with E-state index in [9.17, 15) is 19.2 Å². The molecule has 0 aliphatic heterocycles. The number of methoxy groups -OCH3 is 3. The van der Waals surface area contributed by atoms with Crippen molar-refractivity contribution in [3.63, 3.8) is 0 Å². The van der Waals surface area contributed by atoms with Crippen LogP contribution in [-0.4, -0.2) is 45.5 Å². The third-order valence-corrected chi connectivity index (χ3v) is 2.76. The van der Waals surface area contributed by atoms with Crippen LogP contribution in [0.2, 0.25) is 0 Å². The van der Waals surface area contributed by atoms with Crippen molar-refractivity contribution in [2.24, 2.45) is 5.41 Å². The van der Waals surface area contributed by atoms with Crippen molar-refractivity contribution >= 4 is 24.2 Å². The Balaban J connectivity index is 5.31. The molecule has 0 radical (unpaired) electrons. The summed E-state index contributed by atoms with van der Waals surface area (Å²) in [6.07, 6.45) is 2.77. The molecular weight excluding hydrogens is 268 g/mol. The summed E-state index contributed by atoms with van der Waals surface area (Å²) in [7, 11) is 3.46. The number of esters is 3. The highest BCUT2D eigenvalue weighted by Gasteiger charge is 2.46. The minimum absolute atomic E-state index is 0.0176. The standard InChI is InChI=1S/C13H18O7/c1-18-10(15)6-4-7-13(8-5-9-14,11(16)19-2)12(17)20-3/h4,6,9H,5,7-8H2,1-3H3/b6-4+. The molecule has 0 aromatic carbocycles. The van der Waals surface area contributed by atoms with Gasteiger partial charge in [0.2, 0.25) is 0 Å². The lowest BCUT2D eigenvalue weighted by atomic mass is 9.80. The molecule has 20 heavy (non-hydrogen) atoms. The molecule has 0 saturated carbocycles. The fourth-order valence-corrected chi connectivity index (χ4v) is 1.68. The minimum atomic E-state index is -1.64. The molecule has 112 valence electrons. The average Bonchev–Trinajstić information content (AvgIpc) is 2.48. The maximum absolute atomic E-state index is 11.9. The lowest BCUT2D eigenvalue weighted by molar-refractivity contribution is -0.169. The molecule has 0 aliphatic carbocycles. The molecule has 0 heterocycles. The van der Waals surface area contributed by atoms with Crippen LogP contribution >= 0.6 is 0 Å². The first-order valence-electron chi connectivity index (χ1n) is 5.83. The molecule has 0 aromatic rings. The van der Waals surface area contributed by atoms with Gasteiger partial charge >= 0.3 is 17.9 Å². The fourth-order valence-electron chi connectivity index (χ4n) is 1.68. The van der Waals surface area contributed by atoms with Crippen molar-refractivity contribution in [1.82, 2.24) is 0 Å². The Morgan fingerprint density at radius 3 is 1.95 bits per heavy atom. The number of hydrogen-bond donors (Lipinski definition) is 0. The van der Waals surface area contributed by atoms with E-state index >= 15 is 0 Å². The molecule has 0 unspecified atom stereocenters. The second-order valence-corrected chi connectivity index (χ2v) is 3.90. The monoisotopic (exact) mass is 286 g/mol. The number of allylic oxidation sites excluding steroid dienone is 1. The van der Waals surface area contributed by atoms with E-state index in [1.165, 1.54) is 13.2 Å². The summed E-state index contributed by atoms with van der Waals surface area (Å²) in [5.41, 5.74) is -1.64. The zero-order valence-corrected chi connectivity index (χ0v) is 11.7. The second-order valence-electron chi connectivity index (χ2n) is 3.90. The van der Waals surface area contributed by atoms with Gasteiger partial charge in [-0.1, -0.05) is 6.08 Å². The Bertz CT molecular complexity index is 382. The SMILES string of the molecule is COC(=O)/C=C/CC(CCC=O)(C(=O)OC)C(=O)OC. The van der Waals surface area contributed by atoms with Crippen molar-refractivity contribution in [3.8, 4) is 0 Å². The number of rotatable bonds is 8. The van der Waals surface area contributed by atoms with Crippen molar-refractivity contribution in [2.45, 2.75) is 19.3 Å². The first-order valence-corrected chi connectivity index (χ1v) is 5.83. The van der Waals surface area contributed by atoms with Crippen LogP contribution in [0.25, 0.3) is 0 Å². The first kappa shape index (κ1) is 17.8. The van der Waals surface area contributed by atoms with Gasteiger partial charge < -0.3 is 19.0 Å². The van der Waals surface area contributed by atoms with Crippen molar-refractivity contribution < 1.29 is 33.4 Å².